The number of nitrogens with zero attached hydrogens (tertiary/aromatic N) is 2. The molecule has 0 radical (unpaired) electrons. The zero-order valence-electron chi connectivity index (χ0n) is 47.4. The predicted octanol–water partition coefficient (Wildman–Crippen LogP) is -6.35. The highest BCUT2D eigenvalue weighted by Crippen LogP contribution is 2.15. The second-order valence-electron chi connectivity index (χ2n) is 19.7. The number of aliphatic hydroxyl groups is 1. The van der Waals surface area contributed by atoms with Gasteiger partial charge >= 0.3 is 5.97 Å². The third-order valence-corrected chi connectivity index (χ3v) is 13.1. The Morgan fingerprint density at radius 3 is 1.44 bits per heavy atom. The highest BCUT2D eigenvalue weighted by Gasteiger charge is 2.36. The Balaban J connectivity index is 2.28. The number of aliphatic hydroxyl groups excluding tert-OH is 1. The minimum atomic E-state index is -1.74. The first-order chi connectivity index (χ1) is 40.0. The molecule has 0 saturated carbocycles. The Morgan fingerprint density at radius 1 is 0.529 bits per heavy atom. The number of carbonyl (C=O) groups excluding carboxylic acids is 10. The van der Waals surface area contributed by atoms with Gasteiger partial charge < -0.3 is 103 Å². The molecule has 10 amide bonds. The Bertz CT molecular complexity index is 2660. The van der Waals surface area contributed by atoms with Gasteiger partial charge in [0.1, 0.15) is 53.8 Å². The van der Waals surface area contributed by atoms with Crippen molar-refractivity contribution in [1.29, 1.82) is 0 Å². The van der Waals surface area contributed by atoms with Crippen LogP contribution in [0.1, 0.15) is 76.8 Å². The number of nitrogens with one attached hydrogen (secondary N) is 9. The second-order valence-corrected chi connectivity index (χ2v) is 20.1. The first-order valence-corrected chi connectivity index (χ1v) is 27.6. The lowest BCUT2D eigenvalue weighted by Crippen LogP contribution is -2.62. The van der Waals surface area contributed by atoms with Gasteiger partial charge in [0.15, 0.2) is 11.9 Å². The number of rotatable bonds is 38. The molecule has 0 unspecified atom stereocenters. The molecular formula is C52H81N17O15S. The molecule has 0 aliphatic carbocycles. The topological polar surface area (TPSA) is 558 Å². The molecule has 10 atom stereocenters. The van der Waals surface area contributed by atoms with Gasteiger partial charge in [-0.1, -0.05) is 44.5 Å². The van der Waals surface area contributed by atoms with Gasteiger partial charge in [0, 0.05) is 38.1 Å². The van der Waals surface area contributed by atoms with E-state index in [2.05, 4.69) is 70.5 Å². The minimum Gasteiger partial charge on any atom is -0.508 e. The number of nitrogens with two attached hydrogens (primary N) is 6. The van der Waals surface area contributed by atoms with E-state index in [0.717, 1.165) is 6.92 Å². The first kappa shape index (κ1) is 72.1. The number of phenols is 2. The van der Waals surface area contributed by atoms with E-state index in [1.54, 1.807) is 13.8 Å². The average Bonchev–Trinajstić information content (AvgIpc) is 3.58. The van der Waals surface area contributed by atoms with Gasteiger partial charge in [0.05, 0.1) is 25.2 Å². The molecule has 0 spiro atoms. The van der Waals surface area contributed by atoms with Crippen molar-refractivity contribution < 1.29 is 73.2 Å². The number of thiol groups is 1. The van der Waals surface area contributed by atoms with Crippen LogP contribution in [0.5, 0.6) is 11.5 Å². The molecule has 32 nitrogen and oxygen atoms in total. The maximum Gasteiger partial charge on any atom is 0.326 e. The minimum absolute atomic E-state index is 0.0604. The maximum atomic E-state index is 14.3. The molecule has 0 bridgehead atoms. The fourth-order valence-corrected chi connectivity index (χ4v) is 8.06. The Morgan fingerprint density at radius 2 is 0.965 bits per heavy atom. The number of amides is 10. The van der Waals surface area contributed by atoms with Crippen molar-refractivity contribution >= 4 is 89.6 Å². The van der Waals surface area contributed by atoms with Gasteiger partial charge in [0.2, 0.25) is 59.1 Å². The van der Waals surface area contributed by atoms with Gasteiger partial charge in [-0.25, -0.2) is 4.79 Å². The molecule has 0 fully saturated rings. The van der Waals surface area contributed by atoms with Gasteiger partial charge in [0.25, 0.3) is 0 Å². The number of aliphatic carboxylic acids is 1. The molecule has 33 heteroatoms. The summed E-state index contributed by atoms with van der Waals surface area (Å²) in [6.07, 6.45) is -2.03. The SMILES string of the molecule is CC[C@H](C)[C@H](NC(=O)[C@H](CS)NC(=O)[C@@H](NC(=O)CNC(=O)[C@H](Cc1ccc(O)cc1)NC(=O)[C@@H](N)CCCN=C(N)N)[C@@H](C)O)C(=O)N[C@@H](Cc1ccc(O)cc1)C(=O)N[C@@H](CCC(N)=O)C(=O)NCC(=O)N[C@@H](CCCN=C(N)N)C(=O)O. The molecule has 0 heterocycles. The van der Waals surface area contributed by atoms with Crippen molar-refractivity contribution in [2.45, 2.75) is 133 Å². The van der Waals surface area contributed by atoms with Crippen LogP contribution in [0.4, 0.5) is 0 Å². The van der Waals surface area contributed by atoms with Crippen molar-refractivity contribution in [1.82, 2.24) is 47.9 Å². The lowest BCUT2D eigenvalue weighted by molar-refractivity contribution is -0.142. The molecule has 0 aliphatic rings. The number of carboxylic acid groups (broad SMARTS) is 1. The van der Waals surface area contributed by atoms with Crippen molar-refractivity contribution in [3.63, 3.8) is 0 Å². The van der Waals surface area contributed by atoms with E-state index in [4.69, 9.17) is 34.4 Å². The predicted molar refractivity (Wildman–Crippen MR) is 312 cm³/mol. The summed E-state index contributed by atoms with van der Waals surface area (Å²) in [6, 6.07) is -0.386. The third-order valence-electron chi connectivity index (χ3n) is 12.8. The first-order valence-electron chi connectivity index (χ1n) is 26.9. The number of hydrogen-bond acceptors (Lipinski definition) is 18. The van der Waals surface area contributed by atoms with Crippen molar-refractivity contribution in [2.24, 2.45) is 50.3 Å². The zero-order chi connectivity index (χ0) is 63.9. The largest absolute Gasteiger partial charge is 0.508 e. The zero-order valence-corrected chi connectivity index (χ0v) is 48.3. The van der Waals surface area contributed by atoms with Crippen molar-refractivity contribution in [3.05, 3.63) is 59.7 Å². The number of hydrogen-bond donors (Lipinski definition) is 20. The second kappa shape index (κ2) is 37.3. The van der Waals surface area contributed by atoms with Crippen LogP contribution in [0, 0.1) is 5.92 Å². The highest BCUT2D eigenvalue weighted by atomic mass is 32.1. The summed E-state index contributed by atoms with van der Waals surface area (Å²) in [4.78, 5) is 154. The van der Waals surface area contributed by atoms with E-state index < -0.39 is 157 Å². The molecule has 0 aliphatic heterocycles. The van der Waals surface area contributed by atoms with Crippen molar-refractivity contribution in [3.8, 4) is 11.5 Å². The van der Waals surface area contributed by atoms with Crippen LogP contribution in [-0.4, -0.2) is 184 Å². The monoisotopic (exact) mass is 1220 g/mol. The van der Waals surface area contributed by atoms with Crippen LogP contribution < -0.4 is 82.3 Å². The number of carbonyl (C=O) groups is 11. The summed E-state index contributed by atoms with van der Waals surface area (Å²) in [5.74, 6) is -12.4. The molecule has 2 rings (SSSR count). The number of aromatic hydroxyl groups is 2. The van der Waals surface area contributed by atoms with E-state index in [-0.39, 0.29) is 75.0 Å². The number of phenolic OH excluding ortho intramolecular Hbond substituents is 2. The number of carboxylic acids is 1. The van der Waals surface area contributed by atoms with Crippen LogP contribution >= 0.6 is 12.6 Å². The molecule has 25 N–H and O–H groups in total. The summed E-state index contributed by atoms with van der Waals surface area (Å²) < 4.78 is 0. The molecule has 2 aromatic carbocycles. The quantitative estimate of drug-likeness (QED) is 0.0129. The van der Waals surface area contributed by atoms with Crippen LogP contribution in [0.3, 0.4) is 0 Å². The summed E-state index contributed by atoms with van der Waals surface area (Å²) in [5, 5.41) is 61.7. The van der Waals surface area contributed by atoms with E-state index in [9.17, 15) is 73.2 Å². The van der Waals surface area contributed by atoms with Gasteiger partial charge in [-0.2, -0.15) is 12.6 Å². The highest BCUT2D eigenvalue weighted by molar-refractivity contribution is 7.80. The van der Waals surface area contributed by atoms with E-state index >= 15 is 0 Å². The van der Waals surface area contributed by atoms with Gasteiger partial charge in [-0.05, 0) is 80.3 Å². The van der Waals surface area contributed by atoms with Gasteiger partial charge in [-0.15, -0.1) is 0 Å². The smallest absolute Gasteiger partial charge is 0.326 e. The standard InChI is InChI=1S/C52H81N17O15S/c1-4-26(2)41(48(81)66-36(22-29-11-15-31(72)16-12-29)46(79)64-33(17-18-38(54)73)44(77)61-23-39(74)63-34(50(83)84)8-6-20-60-52(57)58)69-47(80)37(25-85)67-49(82)42(27(3)70)68-40(75)24-62-45(78)35(21-28-9-13-30(71)14-10-28)65-43(76)32(53)7-5-19-59-51(55)56/h9-16,26-27,32-37,41-42,70-72,85H,4-8,17-25,53H2,1-3H3,(H2,54,73)(H,61,77)(H,62,78)(H,63,74)(H,64,79)(H,65,76)(H,66,81)(H,67,82)(H,68,75)(H,69,80)(H,83,84)(H4,55,56,59)(H4,57,58,60)/t26-,27+,32-,33-,34-,35-,36-,37-,41-,42-/m0/s1. The molecule has 0 aromatic heterocycles. The summed E-state index contributed by atoms with van der Waals surface area (Å²) in [5.41, 5.74) is 33.6. The molecule has 0 saturated heterocycles. The Kier molecular flexibility index (Phi) is 31.6. The molecular weight excluding hydrogens is 1130 g/mol. The van der Waals surface area contributed by atoms with Crippen LogP contribution in [0.25, 0.3) is 0 Å². The van der Waals surface area contributed by atoms with E-state index in [0.29, 0.717) is 17.5 Å². The Hall–Kier alpha value is -8.98. The summed E-state index contributed by atoms with van der Waals surface area (Å²) >= 11 is 4.21. The molecule has 85 heavy (non-hydrogen) atoms. The maximum absolute atomic E-state index is 14.3. The van der Waals surface area contributed by atoms with E-state index in [1.165, 1.54) is 48.5 Å². The summed E-state index contributed by atoms with van der Waals surface area (Å²) in [7, 11) is 0. The lowest BCUT2D eigenvalue weighted by atomic mass is 9.96. The Labute approximate surface area is 495 Å². The number of primary amides is 1. The van der Waals surface area contributed by atoms with Crippen LogP contribution in [-0.2, 0) is 65.6 Å². The third kappa shape index (κ3) is 27.8. The fourth-order valence-electron chi connectivity index (χ4n) is 7.80. The van der Waals surface area contributed by atoms with Crippen LogP contribution in [0.2, 0.25) is 0 Å². The molecule has 2 aromatic rings. The van der Waals surface area contributed by atoms with Crippen LogP contribution in [0.15, 0.2) is 58.5 Å². The number of aliphatic imine (C=N–C) groups is 2. The number of guanidine groups is 2. The normalized spacial score (nSPS) is 14.4. The van der Waals surface area contributed by atoms with E-state index in [1.807, 2.05) is 0 Å². The van der Waals surface area contributed by atoms with Crippen molar-refractivity contribution in [2.75, 3.05) is 31.9 Å². The summed E-state index contributed by atoms with van der Waals surface area (Å²) in [6.45, 7) is 3.15. The lowest BCUT2D eigenvalue weighted by Gasteiger charge is -2.29. The number of benzene rings is 2. The van der Waals surface area contributed by atoms with Gasteiger partial charge in [-0.3, -0.25) is 57.9 Å². The molecule has 470 valence electrons. The fraction of sp³-hybridized carbons (Fsp3) is 0.519. The average molecular weight is 1220 g/mol.